The summed E-state index contributed by atoms with van der Waals surface area (Å²) < 4.78 is 5.10. The van der Waals surface area contributed by atoms with Crippen molar-refractivity contribution in [3.05, 3.63) is 45.3 Å². The summed E-state index contributed by atoms with van der Waals surface area (Å²) in [6.45, 7) is 0. The Hall–Kier alpha value is -1.56. The second-order valence-corrected chi connectivity index (χ2v) is 4.76. The average molecular weight is 333 g/mol. The van der Waals surface area contributed by atoms with Gasteiger partial charge in [0.2, 0.25) is 5.28 Å². The monoisotopic (exact) mass is 331 g/mol. The molecule has 0 aliphatic heterocycles. The Balaban J connectivity index is 2.36. The normalized spacial score (nSPS) is 10.2. The molecule has 1 heterocycles. The van der Waals surface area contributed by atoms with Gasteiger partial charge in [-0.3, -0.25) is 4.79 Å². The first-order valence-corrected chi connectivity index (χ1v) is 6.48. The van der Waals surface area contributed by atoms with Crippen LogP contribution in [0.1, 0.15) is 10.4 Å². The van der Waals surface area contributed by atoms with E-state index in [1.807, 2.05) is 0 Å². The third-order valence-corrected chi connectivity index (χ3v) is 3.14. The highest BCUT2D eigenvalue weighted by atomic mass is 35.5. The van der Waals surface area contributed by atoms with Crippen molar-refractivity contribution >= 4 is 46.5 Å². The molecule has 0 fully saturated rings. The predicted molar refractivity (Wildman–Crippen MR) is 78.0 cm³/mol. The Bertz CT molecular complexity index is 664. The number of nitrogens with one attached hydrogen (secondary N) is 1. The first-order valence-electron chi connectivity index (χ1n) is 5.35. The number of aromatic nitrogens is 2. The number of anilines is 1. The van der Waals surface area contributed by atoms with E-state index in [4.69, 9.17) is 39.5 Å². The largest absolute Gasteiger partial charge is 0.496 e. The molecule has 1 N–H and O–H groups in total. The number of benzene rings is 1. The molecular formula is C12H8Cl3N3O2. The molecule has 0 atom stereocenters. The number of hydrogen-bond acceptors (Lipinski definition) is 4. The summed E-state index contributed by atoms with van der Waals surface area (Å²) in [4.78, 5) is 19.8. The lowest BCUT2D eigenvalue weighted by molar-refractivity contribution is 0.102. The molecule has 0 aliphatic rings. The highest BCUT2D eigenvalue weighted by molar-refractivity contribution is 6.36. The highest BCUT2D eigenvalue weighted by Gasteiger charge is 2.18. The third-order valence-electron chi connectivity index (χ3n) is 2.37. The molecule has 1 aromatic carbocycles. The highest BCUT2D eigenvalue weighted by Crippen LogP contribution is 2.28. The van der Waals surface area contributed by atoms with Gasteiger partial charge < -0.3 is 10.1 Å². The van der Waals surface area contributed by atoms with Gasteiger partial charge in [0.15, 0.2) is 5.82 Å². The molecule has 0 saturated heterocycles. The van der Waals surface area contributed by atoms with Crippen LogP contribution >= 0.6 is 34.8 Å². The number of hydrogen-bond donors (Lipinski definition) is 1. The quantitative estimate of drug-likeness (QED) is 0.871. The van der Waals surface area contributed by atoms with Crippen LogP contribution < -0.4 is 10.1 Å². The number of rotatable bonds is 3. The summed E-state index contributed by atoms with van der Waals surface area (Å²) in [7, 11) is 1.44. The van der Waals surface area contributed by atoms with Crippen molar-refractivity contribution in [1.29, 1.82) is 0 Å². The molecule has 0 spiro atoms. The van der Waals surface area contributed by atoms with E-state index in [1.54, 1.807) is 18.2 Å². The number of amides is 1. The van der Waals surface area contributed by atoms with Gasteiger partial charge >= 0.3 is 0 Å². The topological polar surface area (TPSA) is 64.1 Å². The van der Waals surface area contributed by atoms with Crippen LogP contribution in [0.2, 0.25) is 15.3 Å². The van der Waals surface area contributed by atoms with Gasteiger partial charge in [0.05, 0.1) is 18.3 Å². The third kappa shape index (κ3) is 3.12. The molecule has 0 radical (unpaired) electrons. The summed E-state index contributed by atoms with van der Waals surface area (Å²) in [6.07, 6.45) is 1.29. The van der Waals surface area contributed by atoms with Crippen LogP contribution in [-0.4, -0.2) is 23.0 Å². The van der Waals surface area contributed by atoms with Crippen molar-refractivity contribution in [1.82, 2.24) is 9.97 Å². The molecule has 2 rings (SSSR count). The van der Waals surface area contributed by atoms with Crippen LogP contribution in [0.5, 0.6) is 5.75 Å². The first-order chi connectivity index (χ1) is 9.52. The molecule has 2 aromatic rings. The summed E-state index contributed by atoms with van der Waals surface area (Å²) in [5, 5.41) is 2.89. The zero-order valence-corrected chi connectivity index (χ0v) is 12.4. The van der Waals surface area contributed by atoms with Gasteiger partial charge in [-0.25, -0.2) is 4.98 Å². The van der Waals surface area contributed by atoms with E-state index in [0.29, 0.717) is 5.75 Å². The van der Waals surface area contributed by atoms with Gasteiger partial charge in [-0.1, -0.05) is 29.3 Å². The second-order valence-electron chi connectivity index (χ2n) is 3.61. The second kappa shape index (κ2) is 6.26. The van der Waals surface area contributed by atoms with Gasteiger partial charge in [0.1, 0.15) is 16.3 Å². The number of methoxy groups -OCH3 is 1. The molecule has 1 amide bonds. The summed E-state index contributed by atoms with van der Waals surface area (Å²) in [5.41, 5.74) is 0.183. The molecule has 0 unspecified atom stereocenters. The van der Waals surface area contributed by atoms with Gasteiger partial charge in [0, 0.05) is 0 Å². The summed E-state index contributed by atoms with van der Waals surface area (Å²) in [5.74, 6) is -0.0750. The zero-order valence-electron chi connectivity index (χ0n) is 10.2. The lowest BCUT2D eigenvalue weighted by atomic mass is 10.2. The van der Waals surface area contributed by atoms with Crippen LogP contribution in [0.25, 0.3) is 0 Å². The number of nitrogens with zero attached hydrogens (tertiary/aromatic N) is 2. The Morgan fingerprint density at radius 1 is 1.25 bits per heavy atom. The standard InChI is InChI=1S/C12H8Cl3N3O2/c1-20-8-4-2-3-6(13)9(8)11(19)17-10-7(14)5-16-12(15)18-10/h2-5H,1H3,(H,16,17,18,19). The van der Waals surface area contributed by atoms with E-state index in [0.717, 1.165) is 0 Å². The molecule has 0 bridgehead atoms. The Morgan fingerprint density at radius 2 is 2.00 bits per heavy atom. The molecule has 5 nitrogen and oxygen atoms in total. The van der Waals surface area contributed by atoms with Crippen LogP contribution in [0.4, 0.5) is 5.82 Å². The maximum absolute atomic E-state index is 12.2. The predicted octanol–water partition coefficient (Wildman–Crippen LogP) is 3.70. The summed E-state index contributed by atoms with van der Waals surface area (Å²) in [6, 6.07) is 4.87. The maximum Gasteiger partial charge on any atom is 0.262 e. The van der Waals surface area contributed by atoms with Crippen LogP contribution in [-0.2, 0) is 0 Å². The van der Waals surface area contributed by atoms with Crippen LogP contribution in [0.15, 0.2) is 24.4 Å². The molecule has 0 saturated carbocycles. The van der Waals surface area contributed by atoms with E-state index in [9.17, 15) is 4.79 Å². The SMILES string of the molecule is COc1cccc(Cl)c1C(=O)Nc1nc(Cl)ncc1Cl. The molecule has 0 aliphatic carbocycles. The van der Waals surface area contributed by atoms with E-state index < -0.39 is 5.91 Å². The fourth-order valence-corrected chi connectivity index (χ4v) is 2.02. The van der Waals surface area contributed by atoms with E-state index in [1.165, 1.54) is 13.3 Å². The minimum atomic E-state index is -0.510. The summed E-state index contributed by atoms with van der Waals surface area (Å²) >= 11 is 17.5. The van der Waals surface area contributed by atoms with Crippen molar-refractivity contribution in [3.8, 4) is 5.75 Å². The molecule has 1 aromatic heterocycles. The van der Waals surface area contributed by atoms with Gasteiger partial charge in [-0.05, 0) is 23.7 Å². The number of carbonyl (C=O) groups is 1. The van der Waals surface area contributed by atoms with E-state index in [-0.39, 0.29) is 26.7 Å². The lowest BCUT2D eigenvalue weighted by Gasteiger charge is -2.11. The lowest BCUT2D eigenvalue weighted by Crippen LogP contribution is -2.15. The smallest absolute Gasteiger partial charge is 0.262 e. The van der Waals surface area contributed by atoms with E-state index in [2.05, 4.69) is 15.3 Å². The fourth-order valence-electron chi connectivity index (χ4n) is 1.50. The minimum absolute atomic E-state index is 0.0316. The zero-order chi connectivity index (χ0) is 14.7. The number of carbonyl (C=O) groups excluding carboxylic acids is 1. The van der Waals surface area contributed by atoms with Crippen molar-refractivity contribution in [3.63, 3.8) is 0 Å². The molecular weight excluding hydrogens is 325 g/mol. The Kier molecular flexibility index (Phi) is 4.65. The Morgan fingerprint density at radius 3 is 2.70 bits per heavy atom. The molecule has 20 heavy (non-hydrogen) atoms. The molecule has 104 valence electrons. The molecule has 8 heteroatoms. The van der Waals surface area contributed by atoms with E-state index >= 15 is 0 Å². The van der Waals surface area contributed by atoms with Crippen molar-refractivity contribution < 1.29 is 9.53 Å². The van der Waals surface area contributed by atoms with Crippen molar-refractivity contribution in [2.24, 2.45) is 0 Å². The van der Waals surface area contributed by atoms with Crippen LogP contribution in [0, 0.1) is 0 Å². The van der Waals surface area contributed by atoms with Crippen molar-refractivity contribution in [2.75, 3.05) is 12.4 Å². The number of ether oxygens (including phenoxy) is 1. The van der Waals surface area contributed by atoms with Crippen LogP contribution in [0.3, 0.4) is 0 Å². The first kappa shape index (κ1) is 14.8. The average Bonchev–Trinajstić information content (AvgIpc) is 2.42. The van der Waals surface area contributed by atoms with Gasteiger partial charge in [0.25, 0.3) is 5.91 Å². The number of halogens is 3. The fraction of sp³-hybridized carbons (Fsp3) is 0.0833. The van der Waals surface area contributed by atoms with Gasteiger partial charge in [-0.15, -0.1) is 0 Å². The van der Waals surface area contributed by atoms with Gasteiger partial charge in [-0.2, -0.15) is 4.98 Å². The Labute approximate surface area is 129 Å². The minimum Gasteiger partial charge on any atom is -0.496 e. The maximum atomic E-state index is 12.2. The van der Waals surface area contributed by atoms with Crippen molar-refractivity contribution in [2.45, 2.75) is 0 Å².